The number of benzene rings is 1. The molecule has 1 rings (SSSR count). The summed E-state index contributed by atoms with van der Waals surface area (Å²) in [6, 6.07) is 3.74. The van der Waals surface area contributed by atoms with E-state index in [4.69, 9.17) is 24.7 Å². The van der Waals surface area contributed by atoms with Crippen LogP contribution in [0.4, 0.5) is 0 Å². The van der Waals surface area contributed by atoms with E-state index >= 15 is 0 Å². The predicted molar refractivity (Wildman–Crippen MR) is 148 cm³/mol. The summed E-state index contributed by atoms with van der Waals surface area (Å²) in [6.45, 7) is 11.7. The number of nitrogens with two attached hydrogens (primary N) is 1. The molecular formula is C30H47NO8. The predicted octanol–water partition coefficient (Wildman–Crippen LogP) is 5.29. The van der Waals surface area contributed by atoms with Gasteiger partial charge in [-0.1, -0.05) is 53.5 Å². The summed E-state index contributed by atoms with van der Waals surface area (Å²) in [4.78, 5) is 49.0. The maximum Gasteiger partial charge on any atom is 0.323 e. The van der Waals surface area contributed by atoms with E-state index in [0.717, 1.165) is 19.3 Å². The highest BCUT2D eigenvalue weighted by atomic mass is 16.6. The van der Waals surface area contributed by atoms with Gasteiger partial charge < -0.3 is 24.7 Å². The average Bonchev–Trinajstić information content (AvgIpc) is 2.86. The summed E-state index contributed by atoms with van der Waals surface area (Å²) in [5, 5.41) is 0. The molecule has 9 nitrogen and oxygen atoms in total. The van der Waals surface area contributed by atoms with Crippen LogP contribution in [0, 0.1) is 11.8 Å². The molecule has 2 atom stereocenters. The first-order chi connectivity index (χ1) is 18.4. The van der Waals surface area contributed by atoms with E-state index in [9.17, 15) is 19.2 Å². The first-order valence-electron chi connectivity index (χ1n) is 14.1. The Morgan fingerprint density at radius 1 is 0.795 bits per heavy atom. The van der Waals surface area contributed by atoms with Crippen LogP contribution in [0.2, 0.25) is 0 Å². The first kappa shape index (κ1) is 34.1. The third-order valence-electron chi connectivity index (χ3n) is 5.85. The molecule has 1 aromatic rings. The van der Waals surface area contributed by atoms with Crippen LogP contribution in [0.15, 0.2) is 18.2 Å². The molecule has 0 aliphatic heterocycles. The molecule has 0 radical (unpaired) electrons. The topological polar surface area (TPSA) is 131 Å². The molecule has 0 saturated carbocycles. The number of rotatable bonds is 18. The molecule has 39 heavy (non-hydrogen) atoms. The van der Waals surface area contributed by atoms with Crippen molar-refractivity contribution in [1.82, 2.24) is 0 Å². The van der Waals surface area contributed by atoms with Gasteiger partial charge in [0.05, 0.1) is 0 Å². The van der Waals surface area contributed by atoms with E-state index in [1.807, 2.05) is 27.7 Å². The number of ether oxygens (including phenoxy) is 4. The highest BCUT2D eigenvalue weighted by molar-refractivity contribution is 5.77. The average molecular weight is 550 g/mol. The molecule has 0 bridgehead atoms. The van der Waals surface area contributed by atoms with Gasteiger partial charge in [0.1, 0.15) is 18.8 Å². The molecule has 220 valence electrons. The molecule has 0 saturated heterocycles. The number of hydrogen-bond acceptors (Lipinski definition) is 9. The van der Waals surface area contributed by atoms with Crippen molar-refractivity contribution in [2.45, 2.75) is 111 Å². The van der Waals surface area contributed by atoms with Gasteiger partial charge in [-0.05, 0) is 62.1 Å². The summed E-state index contributed by atoms with van der Waals surface area (Å²) in [7, 11) is 0. The second kappa shape index (κ2) is 18.4. The van der Waals surface area contributed by atoms with Crippen molar-refractivity contribution >= 4 is 23.9 Å². The van der Waals surface area contributed by atoms with Gasteiger partial charge in [-0.15, -0.1) is 0 Å². The second-order valence-corrected chi connectivity index (χ2v) is 10.8. The maximum atomic E-state index is 12.5. The molecule has 0 aliphatic carbocycles. The largest absolute Gasteiger partial charge is 0.462 e. The highest BCUT2D eigenvalue weighted by Crippen LogP contribution is 2.30. The monoisotopic (exact) mass is 549 g/mol. The van der Waals surface area contributed by atoms with E-state index in [-0.39, 0.29) is 43.3 Å². The molecule has 0 unspecified atom stereocenters. The molecule has 0 fully saturated rings. The Morgan fingerprint density at radius 2 is 1.38 bits per heavy atom. The lowest BCUT2D eigenvalue weighted by Crippen LogP contribution is -2.37. The molecule has 9 heteroatoms. The lowest BCUT2D eigenvalue weighted by Gasteiger charge is -2.18. The zero-order chi connectivity index (χ0) is 29.4. The normalized spacial score (nSPS) is 12.6. The lowest BCUT2D eigenvalue weighted by atomic mass is 10.1. The van der Waals surface area contributed by atoms with Crippen molar-refractivity contribution in [3.05, 3.63) is 23.8 Å². The number of esters is 4. The van der Waals surface area contributed by atoms with Gasteiger partial charge in [0.2, 0.25) is 0 Å². The van der Waals surface area contributed by atoms with Crippen LogP contribution in [0.5, 0.6) is 11.5 Å². The molecule has 0 amide bonds. The van der Waals surface area contributed by atoms with Crippen LogP contribution in [0.25, 0.3) is 0 Å². The zero-order valence-corrected chi connectivity index (χ0v) is 24.5. The van der Waals surface area contributed by atoms with Gasteiger partial charge in [-0.3, -0.25) is 19.2 Å². The fraction of sp³-hybridized carbons (Fsp3) is 0.667. The smallest absolute Gasteiger partial charge is 0.323 e. The van der Waals surface area contributed by atoms with Crippen molar-refractivity contribution in [3.63, 3.8) is 0 Å². The van der Waals surface area contributed by atoms with Gasteiger partial charge in [0.15, 0.2) is 11.5 Å². The standard InChI is InChI=1S/C30H47NO8/c1-7-8-9-10-27(32)36-19-22(6)37-30(35)24(31)17-23-13-14-25(38-28(33)15-11-20(2)3)26(18-23)39-29(34)16-12-21(4)5/h13-14,18,20-22,24H,7-12,15-17,19,31H2,1-6H3/t22-,24-/m0/s1. The zero-order valence-electron chi connectivity index (χ0n) is 24.5. The SMILES string of the molecule is CCCCCC(=O)OC[C@H](C)OC(=O)[C@@H](N)Cc1ccc(OC(=O)CCC(C)C)c(OC(=O)CCC(C)C)c1. The molecule has 0 spiro atoms. The molecule has 0 aromatic heterocycles. The summed E-state index contributed by atoms with van der Waals surface area (Å²) >= 11 is 0. The van der Waals surface area contributed by atoms with Gasteiger partial charge in [-0.25, -0.2) is 0 Å². The van der Waals surface area contributed by atoms with Crippen molar-refractivity contribution in [2.75, 3.05) is 6.61 Å². The Balaban J connectivity index is 2.81. The Labute approximate surface area is 233 Å². The van der Waals surface area contributed by atoms with Crippen LogP contribution < -0.4 is 15.2 Å². The molecule has 0 aliphatic rings. The molecular weight excluding hydrogens is 502 g/mol. The molecule has 2 N–H and O–H groups in total. The van der Waals surface area contributed by atoms with Gasteiger partial charge in [0, 0.05) is 19.3 Å². The Bertz CT molecular complexity index is 928. The van der Waals surface area contributed by atoms with Gasteiger partial charge in [0.25, 0.3) is 0 Å². The fourth-order valence-corrected chi connectivity index (χ4v) is 3.46. The van der Waals surface area contributed by atoms with E-state index in [1.165, 1.54) is 6.07 Å². The highest BCUT2D eigenvalue weighted by Gasteiger charge is 2.22. The number of unbranched alkanes of at least 4 members (excludes halogenated alkanes) is 2. The van der Waals surface area contributed by atoms with Crippen LogP contribution in [0.3, 0.4) is 0 Å². The molecule has 1 aromatic carbocycles. The van der Waals surface area contributed by atoms with Gasteiger partial charge >= 0.3 is 23.9 Å². The summed E-state index contributed by atoms with van der Waals surface area (Å²) < 4.78 is 21.5. The van der Waals surface area contributed by atoms with Crippen molar-refractivity contribution in [2.24, 2.45) is 17.6 Å². The first-order valence-corrected chi connectivity index (χ1v) is 14.1. The van der Waals surface area contributed by atoms with Gasteiger partial charge in [-0.2, -0.15) is 0 Å². The van der Waals surface area contributed by atoms with Crippen LogP contribution in [0.1, 0.15) is 98.5 Å². The maximum absolute atomic E-state index is 12.5. The van der Waals surface area contributed by atoms with Crippen molar-refractivity contribution in [3.8, 4) is 11.5 Å². The lowest BCUT2D eigenvalue weighted by molar-refractivity contribution is -0.159. The number of hydrogen-bond donors (Lipinski definition) is 1. The molecule has 0 heterocycles. The summed E-state index contributed by atoms with van der Waals surface area (Å²) in [5.41, 5.74) is 6.68. The Kier molecular flexibility index (Phi) is 16.1. The third kappa shape index (κ3) is 15.3. The Morgan fingerprint density at radius 3 is 1.95 bits per heavy atom. The number of carbonyl (C=O) groups is 4. The quantitative estimate of drug-likeness (QED) is 0.147. The van der Waals surface area contributed by atoms with Crippen LogP contribution >= 0.6 is 0 Å². The third-order valence-corrected chi connectivity index (χ3v) is 5.85. The minimum atomic E-state index is -1.00. The van der Waals surface area contributed by atoms with Crippen LogP contribution in [-0.2, 0) is 35.1 Å². The summed E-state index contributed by atoms with van der Waals surface area (Å²) in [5.74, 6) is -0.930. The minimum Gasteiger partial charge on any atom is -0.462 e. The van der Waals surface area contributed by atoms with E-state index in [2.05, 4.69) is 6.92 Å². The van der Waals surface area contributed by atoms with E-state index in [0.29, 0.717) is 36.7 Å². The van der Waals surface area contributed by atoms with E-state index < -0.39 is 30.1 Å². The van der Waals surface area contributed by atoms with Crippen molar-refractivity contribution < 1.29 is 38.1 Å². The van der Waals surface area contributed by atoms with Crippen molar-refractivity contribution in [1.29, 1.82) is 0 Å². The summed E-state index contributed by atoms with van der Waals surface area (Å²) in [6.07, 6.45) is 4.30. The Hall–Kier alpha value is -2.94. The van der Waals surface area contributed by atoms with Crippen LogP contribution in [-0.4, -0.2) is 42.6 Å². The second-order valence-electron chi connectivity index (χ2n) is 10.8. The number of carbonyl (C=O) groups excluding carboxylic acids is 4. The minimum absolute atomic E-state index is 0.0449. The fourth-order valence-electron chi connectivity index (χ4n) is 3.46. The van der Waals surface area contributed by atoms with E-state index in [1.54, 1.807) is 19.1 Å².